The third-order valence-electron chi connectivity index (χ3n) is 3.09. The van der Waals surface area contributed by atoms with Crippen LogP contribution in [0.3, 0.4) is 0 Å². The highest BCUT2D eigenvalue weighted by Gasteiger charge is 2.06. The Kier molecular flexibility index (Phi) is 6.13. The fraction of sp³-hybridized carbons (Fsp3) is 0.235. The maximum absolute atomic E-state index is 11.8. The van der Waals surface area contributed by atoms with Crippen LogP contribution >= 0.6 is 0 Å². The van der Waals surface area contributed by atoms with Crippen molar-refractivity contribution in [2.24, 2.45) is 0 Å². The van der Waals surface area contributed by atoms with Crippen molar-refractivity contribution in [2.75, 3.05) is 18.5 Å². The minimum atomic E-state index is -0.478. The zero-order valence-electron chi connectivity index (χ0n) is 13.2. The van der Waals surface area contributed by atoms with E-state index in [0.29, 0.717) is 18.0 Å². The second kappa shape index (κ2) is 8.52. The lowest BCUT2D eigenvalue weighted by Crippen LogP contribution is -2.15. The standard InChI is InChI=1S/C17H18N2O5/c1-2-23-15-7-3-13(4-8-15)18-17(20)11-12-24-16-9-5-14(6-10-16)19(21)22/h3-10H,2,11-12H2,1H3,(H,18,20). The number of anilines is 1. The van der Waals surface area contributed by atoms with Crippen molar-refractivity contribution >= 4 is 17.3 Å². The maximum atomic E-state index is 11.8. The molecule has 7 heteroatoms. The van der Waals surface area contributed by atoms with Gasteiger partial charge in [-0.05, 0) is 43.3 Å². The zero-order chi connectivity index (χ0) is 17.4. The van der Waals surface area contributed by atoms with Gasteiger partial charge in [-0.25, -0.2) is 0 Å². The van der Waals surface area contributed by atoms with Crippen LogP contribution in [0.5, 0.6) is 11.5 Å². The van der Waals surface area contributed by atoms with E-state index in [2.05, 4.69) is 5.32 Å². The van der Waals surface area contributed by atoms with Crippen molar-refractivity contribution in [1.29, 1.82) is 0 Å². The van der Waals surface area contributed by atoms with Gasteiger partial charge in [-0.1, -0.05) is 0 Å². The minimum Gasteiger partial charge on any atom is -0.494 e. The second-order valence-corrected chi connectivity index (χ2v) is 4.86. The third-order valence-corrected chi connectivity index (χ3v) is 3.09. The molecule has 1 N–H and O–H groups in total. The molecule has 2 rings (SSSR count). The Morgan fingerprint density at radius 1 is 1.04 bits per heavy atom. The number of rotatable bonds is 8. The molecule has 24 heavy (non-hydrogen) atoms. The van der Waals surface area contributed by atoms with Crippen LogP contribution in [0.2, 0.25) is 0 Å². The van der Waals surface area contributed by atoms with Gasteiger partial charge >= 0.3 is 0 Å². The first-order chi connectivity index (χ1) is 11.6. The van der Waals surface area contributed by atoms with Crippen LogP contribution < -0.4 is 14.8 Å². The topological polar surface area (TPSA) is 90.7 Å². The van der Waals surface area contributed by atoms with Gasteiger partial charge in [0.25, 0.3) is 5.69 Å². The molecule has 0 bridgehead atoms. The Labute approximate surface area is 139 Å². The Balaban J connectivity index is 1.75. The predicted octanol–water partition coefficient (Wildman–Crippen LogP) is 3.40. The van der Waals surface area contributed by atoms with Crippen LogP contribution in [0.15, 0.2) is 48.5 Å². The van der Waals surface area contributed by atoms with Crippen LogP contribution in [0.25, 0.3) is 0 Å². The molecule has 0 saturated carbocycles. The first-order valence-corrected chi connectivity index (χ1v) is 7.48. The predicted molar refractivity (Wildman–Crippen MR) is 89.4 cm³/mol. The van der Waals surface area contributed by atoms with Crippen molar-refractivity contribution in [3.05, 3.63) is 58.6 Å². The molecular weight excluding hydrogens is 312 g/mol. The van der Waals surface area contributed by atoms with Crippen LogP contribution in [0.1, 0.15) is 13.3 Å². The Bertz CT molecular complexity index is 683. The molecule has 0 atom stereocenters. The van der Waals surface area contributed by atoms with Gasteiger partial charge < -0.3 is 14.8 Å². The molecule has 0 aliphatic rings. The van der Waals surface area contributed by atoms with Crippen molar-refractivity contribution in [1.82, 2.24) is 0 Å². The molecule has 2 aromatic rings. The SMILES string of the molecule is CCOc1ccc(NC(=O)CCOc2ccc([N+](=O)[O-])cc2)cc1. The first-order valence-electron chi connectivity index (χ1n) is 7.48. The molecule has 0 radical (unpaired) electrons. The van der Waals surface area contributed by atoms with Crippen molar-refractivity contribution in [3.63, 3.8) is 0 Å². The summed E-state index contributed by atoms with van der Waals surface area (Å²) in [6, 6.07) is 12.8. The van der Waals surface area contributed by atoms with E-state index < -0.39 is 4.92 Å². The van der Waals surface area contributed by atoms with E-state index >= 15 is 0 Å². The number of non-ortho nitro benzene ring substituents is 1. The van der Waals surface area contributed by atoms with Crippen LogP contribution in [0, 0.1) is 10.1 Å². The Morgan fingerprint density at radius 2 is 1.62 bits per heavy atom. The molecule has 0 aliphatic heterocycles. The van der Waals surface area contributed by atoms with Gasteiger partial charge in [0.2, 0.25) is 5.91 Å². The van der Waals surface area contributed by atoms with E-state index in [0.717, 1.165) is 5.75 Å². The highest BCUT2D eigenvalue weighted by molar-refractivity contribution is 5.90. The van der Waals surface area contributed by atoms with E-state index in [1.807, 2.05) is 6.92 Å². The highest BCUT2D eigenvalue weighted by atomic mass is 16.6. The molecule has 2 aromatic carbocycles. The number of amides is 1. The number of carbonyl (C=O) groups is 1. The lowest BCUT2D eigenvalue weighted by molar-refractivity contribution is -0.384. The monoisotopic (exact) mass is 330 g/mol. The molecule has 0 spiro atoms. The summed E-state index contributed by atoms with van der Waals surface area (Å²) in [7, 11) is 0. The number of hydrogen-bond acceptors (Lipinski definition) is 5. The third kappa shape index (κ3) is 5.28. The van der Waals surface area contributed by atoms with Gasteiger partial charge in [-0.2, -0.15) is 0 Å². The first kappa shape index (κ1) is 17.3. The lowest BCUT2D eigenvalue weighted by atomic mass is 10.3. The summed E-state index contributed by atoms with van der Waals surface area (Å²) < 4.78 is 10.7. The van der Waals surface area contributed by atoms with Gasteiger partial charge in [0.05, 0.1) is 24.6 Å². The number of ether oxygens (including phenoxy) is 2. The molecule has 0 aromatic heterocycles. The number of benzene rings is 2. The molecule has 1 amide bonds. The van der Waals surface area contributed by atoms with Gasteiger partial charge in [0.15, 0.2) is 0 Å². The van der Waals surface area contributed by atoms with Crippen molar-refractivity contribution < 1.29 is 19.2 Å². The summed E-state index contributed by atoms with van der Waals surface area (Å²) in [6.45, 7) is 2.67. The number of nitro groups is 1. The lowest BCUT2D eigenvalue weighted by Gasteiger charge is -2.08. The fourth-order valence-electron chi connectivity index (χ4n) is 1.95. The Hall–Kier alpha value is -3.09. The molecule has 0 saturated heterocycles. The molecule has 0 aliphatic carbocycles. The summed E-state index contributed by atoms with van der Waals surface area (Å²) in [4.78, 5) is 21.9. The number of hydrogen-bond donors (Lipinski definition) is 1. The van der Waals surface area contributed by atoms with Crippen LogP contribution in [0.4, 0.5) is 11.4 Å². The maximum Gasteiger partial charge on any atom is 0.269 e. The number of carbonyl (C=O) groups excluding carboxylic acids is 1. The van der Waals surface area contributed by atoms with Crippen LogP contribution in [-0.2, 0) is 4.79 Å². The minimum absolute atomic E-state index is 0.00408. The summed E-state index contributed by atoms with van der Waals surface area (Å²) >= 11 is 0. The molecule has 0 fully saturated rings. The van der Waals surface area contributed by atoms with Gasteiger partial charge in [-0.3, -0.25) is 14.9 Å². The molecule has 0 heterocycles. The number of nitrogens with one attached hydrogen (secondary N) is 1. The summed E-state index contributed by atoms with van der Waals surface area (Å²) in [5.41, 5.74) is 0.675. The van der Waals surface area contributed by atoms with E-state index in [9.17, 15) is 14.9 Å². The van der Waals surface area contributed by atoms with Gasteiger partial charge in [0.1, 0.15) is 11.5 Å². The average molecular weight is 330 g/mol. The molecule has 0 unspecified atom stereocenters. The van der Waals surface area contributed by atoms with Crippen molar-refractivity contribution in [2.45, 2.75) is 13.3 Å². The highest BCUT2D eigenvalue weighted by Crippen LogP contribution is 2.18. The quantitative estimate of drug-likeness (QED) is 0.592. The van der Waals surface area contributed by atoms with Gasteiger partial charge in [-0.15, -0.1) is 0 Å². The zero-order valence-corrected chi connectivity index (χ0v) is 13.2. The van der Waals surface area contributed by atoms with E-state index in [1.165, 1.54) is 24.3 Å². The number of nitro benzene ring substituents is 1. The summed E-state index contributed by atoms with van der Waals surface area (Å²) in [5, 5.41) is 13.3. The summed E-state index contributed by atoms with van der Waals surface area (Å²) in [5.74, 6) is 1.05. The fourth-order valence-corrected chi connectivity index (χ4v) is 1.95. The van der Waals surface area contributed by atoms with Crippen LogP contribution in [-0.4, -0.2) is 24.0 Å². The van der Waals surface area contributed by atoms with E-state index in [-0.39, 0.29) is 24.6 Å². The molecular formula is C17H18N2O5. The van der Waals surface area contributed by atoms with Crippen molar-refractivity contribution in [3.8, 4) is 11.5 Å². The summed E-state index contributed by atoms with van der Waals surface area (Å²) in [6.07, 6.45) is 0.171. The Morgan fingerprint density at radius 3 is 2.21 bits per heavy atom. The average Bonchev–Trinajstić information content (AvgIpc) is 2.57. The van der Waals surface area contributed by atoms with Gasteiger partial charge in [0, 0.05) is 17.8 Å². The smallest absolute Gasteiger partial charge is 0.269 e. The van der Waals surface area contributed by atoms with E-state index in [1.54, 1.807) is 24.3 Å². The molecule has 7 nitrogen and oxygen atoms in total. The second-order valence-electron chi connectivity index (χ2n) is 4.86. The number of nitrogens with zero attached hydrogens (tertiary/aromatic N) is 1. The molecule has 126 valence electrons. The normalized spacial score (nSPS) is 10.0. The van der Waals surface area contributed by atoms with E-state index in [4.69, 9.17) is 9.47 Å². The largest absolute Gasteiger partial charge is 0.494 e.